The van der Waals surface area contributed by atoms with E-state index in [0.717, 1.165) is 17.8 Å². The molecule has 1 aromatic heterocycles. The van der Waals surface area contributed by atoms with Crippen LogP contribution >= 0.6 is 0 Å². The van der Waals surface area contributed by atoms with Crippen LogP contribution in [-0.2, 0) is 0 Å². The molecule has 0 aliphatic rings. The zero-order chi connectivity index (χ0) is 9.84. The number of aromatic nitrogens is 2. The Morgan fingerprint density at radius 1 is 1.38 bits per heavy atom. The lowest BCUT2D eigenvalue weighted by Gasteiger charge is -2.05. The summed E-state index contributed by atoms with van der Waals surface area (Å²) in [5.74, 6) is 0.487. The van der Waals surface area contributed by atoms with Crippen LogP contribution in [0.25, 0.3) is 0 Å². The van der Waals surface area contributed by atoms with Gasteiger partial charge in [0, 0.05) is 11.4 Å². The lowest BCUT2D eigenvalue weighted by molar-refractivity contribution is 0.738. The van der Waals surface area contributed by atoms with Crippen molar-refractivity contribution in [2.24, 2.45) is 0 Å². The minimum Gasteiger partial charge on any atom is -0.237 e. The van der Waals surface area contributed by atoms with Crippen molar-refractivity contribution in [3.8, 4) is 6.07 Å². The third-order valence-corrected chi connectivity index (χ3v) is 1.88. The summed E-state index contributed by atoms with van der Waals surface area (Å²) in [6.45, 7) is 5.81. The second kappa shape index (κ2) is 3.99. The average molecular weight is 175 g/mol. The molecular formula is C10H13N3. The highest BCUT2D eigenvalue weighted by molar-refractivity contribution is 5.14. The maximum atomic E-state index is 8.83. The minimum atomic E-state index is -0.168. The molecule has 0 aliphatic carbocycles. The Hall–Kier alpha value is -1.43. The summed E-state index contributed by atoms with van der Waals surface area (Å²) < 4.78 is 0. The molecule has 0 fully saturated rings. The van der Waals surface area contributed by atoms with Crippen LogP contribution in [0.2, 0.25) is 0 Å². The first-order valence-electron chi connectivity index (χ1n) is 4.39. The Labute approximate surface area is 78.5 Å². The van der Waals surface area contributed by atoms with Crippen molar-refractivity contribution in [1.29, 1.82) is 5.26 Å². The molecule has 0 saturated carbocycles. The van der Waals surface area contributed by atoms with E-state index in [4.69, 9.17) is 5.26 Å². The molecule has 1 unspecified atom stereocenters. The van der Waals surface area contributed by atoms with Crippen molar-refractivity contribution in [1.82, 2.24) is 9.97 Å². The fourth-order valence-electron chi connectivity index (χ4n) is 1.24. The van der Waals surface area contributed by atoms with Crippen molar-refractivity contribution in [2.45, 2.75) is 33.1 Å². The Morgan fingerprint density at radius 2 is 1.92 bits per heavy atom. The summed E-state index contributed by atoms with van der Waals surface area (Å²) >= 11 is 0. The highest BCUT2D eigenvalue weighted by Gasteiger charge is 2.11. The predicted octanol–water partition coefficient (Wildman–Crippen LogP) is 2.11. The van der Waals surface area contributed by atoms with Crippen LogP contribution in [0.15, 0.2) is 6.07 Å². The Balaban J connectivity index is 3.08. The van der Waals surface area contributed by atoms with Crippen LogP contribution in [0.4, 0.5) is 0 Å². The van der Waals surface area contributed by atoms with Gasteiger partial charge in [-0.2, -0.15) is 5.26 Å². The largest absolute Gasteiger partial charge is 0.237 e. The van der Waals surface area contributed by atoms with E-state index in [-0.39, 0.29) is 5.92 Å². The van der Waals surface area contributed by atoms with E-state index in [2.05, 4.69) is 16.0 Å². The summed E-state index contributed by atoms with van der Waals surface area (Å²) in [5, 5.41) is 8.83. The van der Waals surface area contributed by atoms with Crippen LogP contribution in [0.1, 0.15) is 36.5 Å². The van der Waals surface area contributed by atoms with Gasteiger partial charge in [0.25, 0.3) is 0 Å². The summed E-state index contributed by atoms with van der Waals surface area (Å²) in [7, 11) is 0. The average Bonchev–Trinajstić information content (AvgIpc) is 2.04. The summed E-state index contributed by atoms with van der Waals surface area (Å²) in [5.41, 5.74) is 1.85. The van der Waals surface area contributed by atoms with Gasteiger partial charge in [-0.15, -0.1) is 0 Å². The molecular weight excluding hydrogens is 162 g/mol. The molecule has 0 N–H and O–H groups in total. The molecule has 0 saturated heterocycles. The van der Waals surface area contributed by atoms with E-state index in [9.17, 15) is 0 Å². The molecule has 13 heavy (non-hydrogen) atoms. The number of aryl methyl sites for hydroxylation is 2. The van der Waals surface area contributed by atoms with Crippen molar-refractivity contribution in [2.75, 3.05) is 0 Å². The third-order valence-electron chi connectivity index (χ3n) is 1.88. The zero-order valence-corrected chi connectivity index (χ0v) is 8.20. The SMILES string of the molecule is CCC(C#N)c1nc(C)cc(C)n1. The molecule has 0 radical (unpaired) electrons. The molecule has 68 valence electrons. The fourth-order valence-corrected chi connectivity index (χ4v) is 1.24. The maximum Gasteiger partial charge on any atom is 0.145 e. The van der Waals surface area contributed by atoms with E-state index in [1.807, 2.05) is 26.8 Å². The highest BCUT2D eigenvalue weighted by atomic mass is 14.9. The Morgan fingerprint density at radius 3 is 2.31 bits per heavy atom. The molecule has 1 atom stereocenters. The number of hydrogen-bond acceptors (Lipinski definition) is 3. The van der Waals surface area contributed by atoms with Crippen molar-refractivity contribution >= 4 is 0 Å². The summed E-state index contributed by atoms with van der Waals surface area (Å²) in [4.78, 5) is 8.48. The molecule has 0 aromatic carbocycles. The number of hydrogen-bond donors (Lipinski definition) is 0. The van der Waals surface area contributed by atoms with Crippen LogP contribution in [0.3, 0.4) is 0 Å². The lowest BCUT2D eigenvalue weighted by atomic mass is 10.1. The second-order valence-electron chi connectivity index (χ2n) is 3.10. The Kier molecular flexibility index (Phi) is 2.97. The molecule has 3 heteroatoms. The highest BCUT2D eigenvalue weighted by Crippen LogP contribution is 2.14. The molecule has 1 rings (SSSR count). The van der Waals surface area contributed by atoms with Gasteiger partial charge < -0.3 is 0 Å². The normalized spacial score (nSPS) is 12.2. The maximum absolute atomic E-state index is 8.83. The van der Waals surface area contributed by atoms with Crippen LogP contribution < -0.4 is 0 Å². The van der Waals surface area contributed by atoms with E-state index in [1.165, 1.54) is 0 Å². The lowest BCUT2D eigenvalue weighted by Crippen LogP contribution is -2.03. The van der Waals surface area contributed by atoms with Crippen molar-refractivity contribution < 1.29 is 0 Å². The van der Waals surface area contributed by atoms with Crippen molar-refractivity contribution in [3.05, 3.63) is 23.3 Å². The first-order chi connectivity index (χ1) is 6.17. The quantitative estimate of drug-likeness (QED) is 0.691. The van der Waals surface area contributed by atoms with E-state index in [0.29, 0.717) is 5.82 Å². The molecule has 1 heterocycles. The van der Waals surface area contributed by atoms with Crippen molar-refractivity contribution in [3.63, 3.8) is 0 Å². The van der Waals surface area contributed by atoms with E-state index >= 15 is 0 Å². The predicted molar refractivity (Wildman–Crippen MR) is 50.2 cm³/mol. The molecule has 3 nitrogen and oxygen atoms in total. The minimum absolute atomic E-state index is 0.168. The van der Waals surface area contributed by atoms with Gasteiger partial charge in [-0.05, 0) is 26.3 Å². The molecule has 1 aromatic rings. The van der Waals surface area contributed by atoms with Crippen LogP contribution in [-0.4, -0.2) is 9.97 Å². The summed E-state index contributed by atoms with van der Waals surface area (Å²) in [6.07, 6.45) is 0.763. The van der Waals surface area contributed by atoms with E-state index in [1.54, 1.807) is 0 Å². The van der Waals surface area contributed by atoms with Gasteiger partial charge >= 0.3 is 0 Å². The smallest absolute Gasteiger partial charge is 0.145 e. The Bertz CT molecular complexity index is 318. The molecule has 0 bridgehead atoms. The molecule has 0 amide bonds. The van der Waals surface area contributed by atoms with Gasteiger partial charge in [0.1, 0.15) is 11.7 Å². The molecule has 0 spiro atoms. The van der Waals surface area contributed by atoms with Crippen LogP contribution in [0.5, 0.6) is 0 Å². The van der Waals surface area contributed by atoms with Crippen LogP contribution in [0, 0.1) is 25.2 Å². The third kappa shape index (κ3) is 2.25. The topological polar surface area (TPSA) is 49.6 Å². The fraction of sp³-hybridized carbons (Fsp3) is 0.500. The van der Waals surface area contributed by atoms with Gasteiger partial charge in [-0.3, -0.25) is 0 Å². The summed E-state index contributed by atoms with van der Waals surface area (Å²) in [6, 6.07) is 4.11. The van der Waals surface area contributed by atoms with Gasteiger partial charge in [-0.25, -0.2) is 9.97 Å². The van der Waals surface area contributed by atoms with E-state index < -0.39 is 0 Å². The van der Waals surface area contributed by atoms with Gasteiger partial charge in [-0.1, -0.05) is 6.92 Å². The van der Waals surface area contributed by atoms with Gasteiger partial charge in [0.2, 0.25) is 0 Å². The van der Waals surface area contributed by atoms with Gasteiger partial charge in [0.15, 0.2) is 0 Å². The first kappa shape index (κ1) is 9.66. The first-order valence-corrected chi connectivity index (χ1v) is 4.39. The van der Waals surface area contributed by atoms with Gasteiger partial charge in [0.05, 0.1) is 6.07 Å². The second-order valence-corrected chi connectivity index (χ2v) is 3.10. The number of nitriles is 1. The molecule has 0 aliphatic heterocycles. The monoisotopic (exact) mass is 175 g/mol. The standard InChI is InChI=1S/C10H13N3/c1-4-9(6-11)10-12-7(2)5-8(3)13-10/h5,9H,4H2,1-3H3. The number of rotatable bonds is 2. The zero-order valence-electron chi connectivity index (χ0n) is 8.20. The number of nitrogens with zero attached hydrogens (tertiary/aromatic N) is 3.